The number of halogens is 1. The minimum absolute atomic E-state index is 0.276. The maximum atomic E-state index is 13.0. The van der Waals surface area contributed by atoms with Gasteiger partial charge < -0.3 is 4.98 Å². The SMILES string of the molecule is CSc1cc(-c2nc3ccc(F)cc3[nH]2)[nH]n1. The van der Waals surface area contributed by atoms with Crippen molar-refractivity contribution in [2.45, 2.75) is 5.03 Å². The number of H-pyrrole nitrogens is 2. The molecular formula is C11H9FN4S. The van der Waals surface area contributed by atoms with Crippen LogP contribution in [0.4, 0.5) is 4.39 Å². The van der Waals surface area contributed by atoms with Crippen LogP contribution in [0.15, 0.2) is 29.3 Å². The molecule has 0 aliphatic rings. The van der Waals surface area contributed by atoms with Crippen molar-refractivity contribution in [3.63, 3.8) is 0 Å². The number of aromatic amines is 2. The number of fused-ring (bicyclic) bond motifs is 1. The molecule has 4 nitrogen and oxygen atoms in total. The molecular weight excluding hydrogens is 239 g/mol. The Labute approximate surface area is 101 Å². The van der Waals surface area contributed by atoms with E-state index in [0.717, 1.165) is 16.2 Å². The summed E-state index contributed by atoms with van der Waals surface area (Å²) in [4.78, 5) is 7.43. The van der Waals surface area contributed by atoms with Gasteiger partial charge in [0.1, 0.15) is 16.5 Å². The minimum Gasteiger partial charge on any atom is -0.337 e. The fourth-order valence-electron chi connectivity index (χ4n) is 1.64. The second-order valence-corrected chi connectivity index (χ2v) is 4.40. The number of nitrogens with one attached hydrogen (secondary N) is 2. The van der Waals surface area contributed by atoms with E-state index in [1.165, 1.54) is 12.1 Å². The van der Waals surface area contributed by atoms with E-state index in [9.17, 15) is 4.39 Å². The number of hydrogen-bond donors (Lipinski definition) is 2. The van der Waals surface area contributed by atoms with Gasteiger partial charge in [0, 0.05) is 6.07 Å². The highest BCUT2D eigenvalue weighted by Gasteiger charge is 2.08. The molecule has 2 aromatic heterocycles. The lowest BCUT2D eigenvalue weighted by Gasteiger charge is -1.87. The monoisotopic (exact) mass is 248 g/mol. The lowest BCUT2D eigenvalue weighted by Crippen LogP contribution is -1.79. The summed E-state index contributed by atoms with van der Waals surface area (Å²) in [5.74, 6) is 0.389. The number of thioether (sulfide) groups is 1. The molecule has 3 rings (SSSR count). The first kappa shape index (κ1) is 10.3. The molecule has 0 aliphatic carbocycles. The first-order chi connectivity index (χ1) is 8.26. The fraction of sp³-hybridized carbons (Fsp3) is 0.0909. The summed E-state index contributed by atoms with van der Waals surface area (Å²) in [6, 6.07) is 6.38. The molecule has 86 valence electrons. The maximum absolute atomic E-state index is 13.0. The third-order valence-corrected chi connectivity index (χ3v) is 3.09. The third-order valence-electron chi connectivity index (χ3n) is 2.46. The van der Waals surface area contributed by atoms with E-state index in [4.69, 9.17) is 0 Å². The zero-order valence-corrected chi connectivity index (χ0v) is 9.81. The van der Waals surface area contributed by atoms with E-state index in [2.05, 4.69) is 20.2 Å². The lowest BCUT2D eigenvalue weighted by molar-refractivity contribution is 0.629. The van der Waals surface area contributed by atoms with Crippen molar-refractivity contribution in [3.05, 3.63) is 30.1 Å². The summed E-state index contributed by atoms with van der Waals surface area (Å²) in [5, 5.41) is 7.89. The Morgan fingerprint density at radius 2 is 2.18 bits per heavy atom. The van der Waals surface area contributed by atoms with Crippen molar-refractivity contribution in [1.82, 2.24) is 20.2 Å². The van der Waals surface area contributed by atoms with Crippen LogP contribution in [0.3, 0.4) is 0 Å². The first-order valence-corrected chi connectivity index (χ1v) is 6.24. The smallest absolute Gasteiger partial charge is 0.156 e. The van der Waals surface area contributed by atoms with Crippen LogP contribution in [0, 0.1) is 5.82 Å². The second kappa shape index (κ2) is 3.89. The van der Waals surface area contributed by atoms with Gasteiger partial charge in [-0.25, -0.2) is 9.37 Å². The van der Waals surface area contributed by atoms with Gasteiger partial charge in [-0.3, -0.25) is 5.10 Å². The Bertz CT molecular complexity index is 673. The van der Waals surface area contributed by atoms with Crippen LogP contribution in [0.2, 0.25) is 0 Å². The van der Waals surface area contributed by atoms with Gasteiger partial charge in [0.15, 0.2) is 5.82 Å². The van der Waals surface area contributed by atoms with Gasteiger partial charge in [0.25, 0.3) is 0 Å². The summed E-state index contributed by atoms with van der Waals surface area (Å²) in [6.07, 6.45) is 1.95. The Morgan fingerprint density at radius 3 is 2.94 bits per heavy atom. The van der Waals surface area contributed by atoms with Crippen LogP contribution in [-0.4, -0.2) is 26.4 Å². The quantitative estimate of drug-likeness (QED) is 0.686. The Balaban J connectivity index is 2.11. The number of rotatable bonds is 2. The van der Waals surface area contributed by atoms with Crippen LogP contribution < -0.4 is 0 Å². The van der Waals surface area contributed by atoms with E-state index in [1.807, 2.05) is 12.3 Å². The highest BCUT2D eigenvalue weighted by atomic mass is 32.2. The maximum Gasteiger partial charge on any atom is 0.156 e. The molecule has 0 fully saturated rings. The highest BCUT2D eigenvalue weighted by Crippen LogP contribution is 2.22. The number of nitrogens with zero attached hydrogens (tertiary/aromatic N) is 2. The molecule has 0 atom stereocenters. The average Bonchev–Trinajstić information content (AvgIpc) is 2.93. The predicted octanol–water partition coefficient (Wildman–Crippen LogP) is 2.81. The molecule has 0 amide bonds. The molecule has 2 heterocycles. The summed E-state index contributed by atoms with van der Waals surface area (Å²) in [5.41, 5.74) is 2.22. The molecule has 0 spiro atoms. The Morgan fingerprint density at radius 1 is 1.29 bits per heavy atom. The molecule has 0 unspecified atom stereocenters. The molecule has 0 radical (unpaired) electrons. The molecule has 0 aliphatic heterocycles. The van der Waals surface area contributed by atoms with Gasteiger partial charge in [-0.1, -0.05) is 0 Å². The van der Waals surface area contributed by atoms with Gasteiger partial charge in [-0.05, 0) is 24.5 Å². The van der Waals surface area contributed by atoms with Crippen molar-refractivity contribution in [3.8, 4) is 11.5 Å². The van der Waals surface area contributed by atoms with Crippen LogP contribution in [0.5, 0.6) is 0 Å². The van der Waals surface area contributed by atoms with Gasteiger partial charge in [-0.2, -0.15) is 5.10 Å². The standard InChI is InChI=1S/C11H9FN4S/c1-17-10-5-9(15-16-10)11-13-7-3-2-6(12)4-8(7)14-11/h2-5H,1H3,(H,13,14)(H,15,16). The molecule has 0 bridgehead atoms. The Kier molecular flexibility index (Phi) is 2.36. The van der Waals surface area contributed by atoms with Crippen molar-refractivity contribution < 1.29 is 4.39 Å². The predicted molar refractivity (Wildman–Crippen MR) is 65.4 cm³/mol. The van der Waals surface area contributed by atoms with Crippen LogP contribution in [-0.2, 0) is 0 Å². The number of benzene rings is 1. The van der Waals surface area contributed by atoms with Gasteiger partial charge in [0.2, 0.25) is 0 Å². The zero-order valence-electron chi connectivity index (χ0n) is 8.99. The van der Waals surface area contributed by atoms with Crippen molar-refractivity contribution in [2.75, 3.05) is 6.26 Å². The molecule has 0 saturated heterocycles. The number of imidazole rings is 1. The summed E-state index contributed by atoms with van der Waals surface area (Å²) < 4.78 is 13.0. The largest absolute Gasteiger partial charge is 0.337 e. The van der Waals surface area contributed by atoms with E-state index in [1.54, 1.807) is 17.8 Å². The van der Waals surface area contributed by atoms with E-state index in [0.29, 0.717) is 11.3 Å². The summed E-state index contributed by atoms with van der Waals surface area (Å²) >= 11 is 1.55. The molecule has 6 heteroatoms. The van der Waals surface area contributed by atoms with E-state index >= 15 is 0 Å². The van der Waals surface area contributed by atoms with E-state index in [-0.39, 0.29) is 5.82 Å². The first-order valence-electron chi connectivity index (χ1n) is 5.01. The van der Waals surface area contributed by atoms with Crippen molar-refractivity contribution in [1.29, 1.82) is 0 Å². The molecule has 17 heavy (non-hydrogen) atoms. The van der Waals surface area contributed by atoms with Crippen LogP contribution in [0.25, 0.3) is 22.6 Å². The van der Waals surface area contributed by atoms with Gasteiger partial charge >= 0.3 is 0 Å². The van der Waals surface area contributed by atoms with Gasteiger partial charge in [0.05, 0.1) is 11.0 Å². The highest BCUT2D eigenvalue weighted by molar-refractivity contribution is 7.98. The number of aromatic nitrogens is 4. The molecule has 1 aromatic carbocycles. The van der Waals surface area contributed by atoms with Crippen molar-refractivity contribution in [2.24, 2.45) is 0 Å². The average molecular weight is 248 g/mol. The van der Waals surface area contributed by atoms with Gasteiger partial charge in [-0.15, -0.1) is 11.8 Å². The zero-order chi connectivity index (χ0) is 11.8. The molecule has 3 aromatic rings. The second-order valence-electron chi connectivity index (χ2n) is 3.57. The summed E-state index contributed by atoms with van der Waals surface area (Å²) in [7, 11) is 0. The normalized spacial score (nSPS) is 11.2. The van der Waals surface area contributed by atoms with Crippen molar-refractivity contribution >= 4 is 22.8 Å². The molecule has 0 saturated carbocycles. The fourth-order valence-corrected chi connectivity index (χ4v) is 2.01. The Hall–Kier alpha value is -1.82. The summed E-state index contributed by atoms with van der Waals surface area (Å²) in [6.45, 7) is 0. The van der Waals surface area contributed by atoms with Crippen LogP contribution in [0.1, 0.15) is 0 Å². The lowest BCUT2D eigenvalue weighted by atomic mass is 10.3. The topological polar surface area (TPSA) is 57.4 Å². The van der Waals surface area contributed by atoms with Crippen LogP contribution >= 0.6 is 11.8 Å². The molecule has 2 N–H and O–H groups in total. The number of hydrogen-bond acceptors (Lipinski definition) is 3. The minimum atomic E-state index is -0.276. The third kappa shape index (κ3) is 1.80. The van der Waals surface area contributed by atoms with E-state index < -0.39 is 0 Å².